The van der Waals surface area contributed by atoms with E-state index in [0.717, 1.165) is 20.0 Å². The first-order valence-electron chi connectivity index (χ1n) is 7.54. The third-order valence-electron chi connectivity index (χ3n) is 3.77. The Morgan fingerprint density at radius 2 is 1.88 bits per heavy atom. The van der Waals surface area contributed by atoms with Gasteiger partial charge in [0.2, 0.25) is 10.0 Å². The molecule has 0 amide bonds. The standard InChI is InChI=1S/C18H17NO4S2/c1-19(2)25(21,22)15-7-5-6-13(10-15)18(20)23-11-14-12-24-17-9-4-3-8-16(14)17/h3-10,12H,11H2,1-2H3. The molecule has 0 spiro atoms. The van der Waals surface area contributed by atoms with Crippen molar-refractivity contribution >= 4 is 37.4 Å². The number of sulfonamides is 1. The molecule has 0 unspecified atom stereocenters. The molecule has 0 saturated carbocycles. The highest BCUT2D eigenvalue weighted by Crippen LogP contribution is 2.26. The van der Waals surface area contributed by atoms with Gasteiger partial charge in [0.15, 0.2) is 0 Å². The third kappa shape index (κ3) is 3.58. The monoisotopic (exact) mass is 375 g/mol. The Bertz CT molecular complexity index is 1020. The summed E-state index contributed by atoms with van der Waals surface area (Å²) in [5.41, 5.74) is 1.15. The number of carbonyl (C=O) groups excluding carboxylic acids is 1. The molecule has 3 aromatic rings. The number of thiophene rings is 1. The van der Waals surface area contributed by atoms with Crippen LogP contribution in [0.4, 0.5) is 0 Å². The minimum absolute atomic E-state index is 0.0629. The molecule has 3 rings (SSSR count). The predicted molar refractivity (Wildman–Crippen MR) is 98.3 cm³/mol. The Balaban J connectivity index is 1.78. The van der Waals surface area contributed by atoms with Crippen molar-refractivity contribution in [1.82, 2.24) is 4.31 Å². The van der Waals surface area contributed by atoms with Crippen LogP contribution in [0, 0.1) is 0 Å². The van der Waals surface area contributed by atoms with Gasteiger partial charge in [0, 0.05) is 24.4 Å². The zero-order valence-corrected chi connectivity index (χ0v) is 15.4. The van der Waals surface area contributed by atoms with Gasteiger partial charge in [-0.1, -0.05) is 24.3 Å². The summed E-state index contributed by atoms with van der Waals surface area (Å²) < 4.78 is 32.0. The highest BCUT2D eigenvalue weighted by molar-refractivity contribution is 7.89. The number of carbonyl (C=O) groups is 1. The van der Waals surface area contributed by atoms with E-state index in [-0.39, 0.29) is 17.1 Å². The molecule has 0 saturated heterocycles. The average Bonchev–Trinajstić information content (AvgIpc) is 3.03. The number of hydrogen-bond acceptors (Lipinski definition) is 5. The van der Waals surface area contributed by atoms with Crippen molar-refractivity contribution in [3.8, 4) is 0 Å². The summed E-state index contributed by atoms with van der Waals surface area (Å²) in [5, 5.41) is 3.02. The number of nitrogens with zero attached hydrogens (tertiary/aromatic N) is 1. The van der Waals surface area contributed by atoms with Gasteiger partial charge in [-0.05, 0) is 35.0 Å². The zero-order chi connectivity index (χ0) is 18.0. The maximum atomic E-state index is 12.3. The lowest BCUT2D eigenvalue weighted by molar-refractivity contribution is 0.0474. The van der Waals surface area contributed by atoms with E-state index >= 15 is 0 Å². The van der Waals surface area contributed by atoms with E-state index < -0.39 is 16.0 Å². The van der Waals surface area contributed by atoms with Crippen LogP contribution in [0.5, 0.6) is 0 Å². The molecule has 0 N–H and O–H groups in total. The smallest absolute Gasteiger partial charge is 0.338 e. The van der Waals surface area contributed by atoms with Crippen LogP contribution in [0.1, 0.15) is 15.9 Å². The molecule has 1 heterocycles. The maximum absolute atomic E-state index is 12.3. The quantitative estimate of drug-likeness (QED) is 0.640. The van der Waals surface area contributed by atoms with Gasteiger partial charge in [-0.2, -0.15) is 0 Å². The molecule has 0 fully saturated rings. The Morgan fingerprint density at radius 3 is 2.64 bits per heavy atom. The van der Waals surface area contributed by atoms with Crippen LogP contribution in [0.15, 0.2) is 58.8 Å². The maximum Gasteiger partial charge on any atom is 0.338 e. The molecule has 7 heteroatoms. The Morgan fingerprint density at radius 1 is 1.12 bits per heavy atom. The largest absolute Gasteiger partial charge is 0.457 e. The van der Waals surface area contributed by atoms with Gasteiger partial charge in [0.1, 0.15) is 6.61 Å². The molecule has 0 aliphatic heterocycles. The number of rotatable bonds is 5. The molecule has 0 radical (unpaired) electrons. The molecule has 0 bridgehead atoms. The topological polar surface area (TPSA) is 63.7 Å². The minimum atomic E-state index is -3.59. The zero-order valence-electron chi connectivity index (χ0n) is 13.8. The highest BCUT2D eigenvalue weighted by Gasteiger charge is 2.19. The van der Waals surface area contributed by atoms with Crippen LogP contribution in [0.3, 0.4) is 0 Å². The van der Waals surface area contributed by atoms with Gasteiger partial charge in [0.25, 0.3) is 0 Å². The second-order valence-electron chi connectivity index (χ2n) is 5.65. The van der Waals surface area contributed by atoms with Crippen LogP contribution < -0.4 is 0 Å². The number of esters is 1. The molecule has 0 aliphatic rings. The summed E-state index contributed by atoms with van der Waals surface area (Å²) in [6.07, 6.45) is 0. The normalized spacial score (nSPS) is 11.8. The van der Waals surface area contributed by atoms with Gasteiger partial charge in [-0.15, -0.1) is 11.3 Å². The van der Waals surface area contributed by atoms with E-state index in [2.05, 4.69) is 0 Å². The summed E-state index contributed by atoms with van der Waals surface area (Å²) in [4.78, 5) is 12.4. The number of hydrogen-bond donors (Lipinski definition) is 0. The first-order chi connectivity index (χ1) is 11.9. The van der Waals surface area contributed by atoms with E-state index in [1.807, 2.05) is 29.6 Å². The minimum Gasteiger partial charge on any atom is -0.457 e. The lowest BCUT2D eigenvalue weighted by atomic mass is 10.2. The fourth-order valence-corrected chi connectivity index (χ4v) is 4.26. The third-order valence-corrected chi connectivity index (χ3v) is 6.59. The SMILES string of the molecule is CN(C)S(=O)(=O)c1cccc(C(=O)OCc2csc3ccccc23)c1. The van der Waals surface area contributed by atoms with Crippen molar-refractivity contribution in [2.45, 2.75) is 11.5 Å². The molecule has 1 aromatic heterocycles. The molecule has 2 aromatic carbocycles. The van der Waals surface area contributed by atoms with Crippen LogP contribution >= 0.6 is 11.3 Å². The van der Waals surface area contributed by atoms with Crippen molar-refractivity contribution in [3.63, 3.8) is 0 Å². The van der Waals surface area contributed by atoms with Crippen molar-refractivity contribution < 1.29 is 17.9 Å². The van der Waals surface area contributed by atoms with E-state index in [1.165, 1.54) is 32.3 Å². The van der Waals surface area contributed by atoms with Gasteiger partial charge in [0.05, 0.1) is 10.5 Å². The van der Waals surface area contributed by atoms with Crippen LogP contribution in [0.25, 0.3) is 10.1 Å². The molecule has 25 heavy (non-hydrogen) atoms. The fraction of sp³-hybridized carbons (Fsp3) is 0.167. The van der Waals surface area contributed by atoms with Gasteiger partial charge in [-0.25, -0.2) is 17.5 Å². The highest BCUT2D eigenvalue weighted by atomic mass is 32.2. The van der Waals surface area contributed by atoms with E-state index in [9.17, 15) is 13.2 Å². The van der Waals surface area contributed by atoms with Gasteiger partial charge < -0.3 is 4.74 Å². The van der Waals surface area contributed by atoms with Crippen molar-refractivity contribution in [3.05, 3.63) is 65.0 Å². The number of benzene rings is 2. The van der Waals surface area contributed by atoms with Crippen LogP contribution in [0.2, 0.25) is 0 Å². The molecular formula is C18H17NO4S2. The average molecular weight is 375 g/mol. The van der Waals surface area contributed by atoms with Crippen LogP contribution in [-0.4, -0.2) is 32.8 Å². The summed E-state index contributed by atoms with van der Waals surface area (Å²) >= 11 is 1.59. The van der Waals surface area contributed by atoms with Gasteiger partial charge in [-0.3, -0.25) is 0 Å². The first-order valence-corrected chi connectivity index (χ1v) is 9.86. The summed E-state index contributed by atoms with van der Waals surface area (Å²) in [6, 6.07) is 13.8. The Hall–Kier alpha value is -2.22. The lowest BCUT2D eigenvalue weighted by Gasteiger charge is -2.12. The predicted octanol–water partition coefficient (Wildman–Crippen LogP) is 3.51. The fourth-order valence-electron chi connectivity index (χ4n) is 2.37. The lowest BCUT2D eigenvalue weighted by Crippen LogP contribution is -2.22. The molecular weight excluding hydrogens is 358 g/mol. The number of ether oxygens (including phenoxy) is 1. The number of fused-ring (bicyclic) bond motifs is 1. The Labute approximate surface area is 150 Å². The van der Waals surface area contributed by atoms with Gasteiger partial charge >= 0.3 is 5.97 Å². The van der Waals surface area contributed by atoms with Crippen molar-refractivity contribution in [1.29, 1.82) is 0 Å². The molecule has 130 valence electrons. The molecule has 0 atom stereocenters. The van der Waals surface area contributed by atoms with E-state index in [1.54, 1.807) is 17.4 Å². The van der Waals surface area contributed by atoms with Crippen molar-refractivity contribution in [2.75, 3.05) is 14.1 Å². The first kappa shape index (κ1) is 17.6. The summed E-state index contributed by atoms with van der Waals surface area (Å²) in [5.74, 6) is -0.550. The van der Waals surface area contributed by atoms with Crippen molar-refractivity contribution in [2.24, 2.45) is 0 Å². The second kappa shape index (κ2) is 6.95. The summed E-state index contributed by atoms with van der Waals surface area (Å²) in [6.45, 7) is 0.146. The van der Waals surface area contributed by atoms with E-state index in [4.69, 9.17) is 4.74 Å². The second-order valence-corrected chi connectivity index (χ2v) is 8.71. The van der Waals surface area contributed by atoms with E-state index in [0.29, 0.717) is 0 Å². The van der Waals surface area contributed by atoms with Crippen LogP contribution in [-0.2, 0) is 21.4 Å². The summed E-state index contributed by atoms with van der Waals surface area (Å²) in [7, 11) is -0.700. The molecule has 5 nitrogen and oxygen atoms in total. The molecule has 0 aliphatic carbocycles. The Kier molecular flexibility index (Phi) is 4.89.